The van der Waals surface area contributed by atoms with Crippen LogP contribution in [0.3, 0.4) is 0 Å². The van der Waals surface area contributed by atoms with Crippen LogP contribution in [-0.4, -0.2) is 26.3 Å². The molecule has 0 fully saturated rings. The summed E-state index contributed by atoms with van der Waals surface area (Å²) in [4.78, 5) is 0.345. The van der Waals surface area contributed by atoms with E-state index >= 15 is 0 Å². The molecule has 0 saturated heterocycles. The average Bonchev–Trinajstić information content (AvgIpc) is 2.26. The van der Waals surface area contributed by atoms with Crippen molar-refractivity contribution in [1.82, 2.24) is 4.31 Å². The molecule has 0 aliphatic carbocycles. The Morgan fingerprint density at radius 1 is 1.26 bits per heavy atom. The molecule has 0 aliphatic heterocycles. The van der Waals surface area contributed by atoms with Crippen LogP contribution >= 0.6 is 11.6 Å². The normalized spacial score (nSPS) is 13.0. The summed E-state index contributed by atoms with van der Waals surface area (Å²) in [6.45, 7) is 8.32. The van der Waals surface area contributed by atoms with Crippen molar-refractivity contribution >= 4 is 21.6 Å². The summed E-state index contributed by atoms with van der Waals surface area (Å²) in [5.74, 6) is 0.318. The predicted molar refractivity (Wildman–Crippen MR) is 80.0 cm³/mol. The molecule has 19 heavy (non-hydrogen) atoms. The summed E-state index contributed by atoms with van der Waals surface area (Å²) in [6, 6.07) is 5.23. The zero-order valence-electron chi connectivity index (χ0n) is 12.2. The van der Waals surface area contributed by atoms with E-state index in [0.717, 1.165) is 11.1 Å². The van der Waals surface area contributed by atoms with E-state index in [1.54, 1.807) is 26.1 Å². The van der Waals surface area contributed by atoms with Gasteiger partial charge in [0.05, 0.1) is 4.90 Å². The van der Waals surface area contributed by atoms with Gasteiger partial charge < -0.3 is 0 Å². The van der Waals surface area contributed by atoms with Crippen LogP contribution < -0.4 is 0 Å². The first kappa shape index (κ1) is 16.5. The quantitative estimate of drug-likeness (QED) is 0.800. The molecule has 1 aromatic rings. The minimum Gasteiger partial charge on any atom is -0.207 e. The lowest BCUT2D eigenvalue weighted by molar-refractivity contribution is 0.310. The van der Waals surface area contributed by atoms with Crippen LogP contribution in [0.5, 0.6) is 0 Å². The van der Waals surface area contributed by atoms with Gasteiger partial charge in [0, 0.05) is 19.5 Å². The summed E-state index contributed by atoms with van der Waals surface area (Å²) in [7, 11) is -1.84. The lowest BCUT2D eigenvalue weighted by Gasteiger charge is -2.26. The van der Waals surface area contributed by atoms with Gasteiger partial charge in [-0.1, -0.05) is 32.9 Å². The summed E-state index contributed by atoms with van der Waals surface area (Å²) in [5, 5.41) is 0. The van der Waals surface area contributed by atoms with Crippen LogP contribution in [0.4, 0.5) is 0 Å². The largest absolute Gasteiger partial charge is 0.243 e. The third-order valence-electron chi connectivity index (χ3n) is 2.93. The molecule has 108 valence electrons. The second-order valence-corrected chi connectivity index (χ2v) is 8.28. The van der Waals surface area contributed by atoms with Crippen molar-refractivity contribution < 1.29 is 8.42 Å². The molecule has 0 radical (unpaired) electrons. The van der Waals surface area contributed by atoms with E-state index in [2.05, 4.69) is 0 Å². The zero-order chi connectivity index (χ0) is 14.8. The summed E-state index contributed by atoms with van der Waals surface area (Å²) >= 11 is 5.83. The number of sulfonamides is 1. The van der Waals surface area contributed by atoms with Gasteiger partial charge >= 0.3 is 0 Å². The molecule has 0 aromatic heterocycles. The molecule has 0 saturated carbocycles. The first-order valence-corrected chi connectivity index (χ1v) is 8.18. The molecular formula is C14H22ClNO2S. The van der Waals surface area contributed by atoms with E-state index in [-0.39, 0.29) is 5.41 Å². The Labute approximate surface area is 121 Å². The Hall–Kier alpha value is -0.580. The second-order valence-electron chi connectivity index (χ2n) is 6.00. The first-order valence-electron chi connectivity index (χ1n) is 6.20. The highest BCUT2D eigenvalue weighted by Crippen LogP contribution is 2.25. The lowest BCUT2D eigenvalue weighted by Crippen LogP contribution is -2.34. The van der Waals surface area contributed by atoms with E-state index in [0.29, 0.717) is 17.3 Å². The van der Waals surface area contributed by atoms with Gasteiger partial charge in [-0.3, -0.25) is 0 Å². The Balaban J connectivity index is 3.21. The maximum absolute atomic E-state index is 12.6. The molecule has 0 unspecified atom stereocenters. The average molecular weight is 304 g/mol. The lowest BCUT2D eigenvalue weighted by atomic mass is 9.97. The fourth-order valence-electron chi connectivity index (χ4n) is 2.00. The summed E-state index contributed by atoms with van der Waals surface area (Å²) in [6.07, 6.45) is 0. The van der Waals surface area contributed by atoms with Crippen molar-refractivity contribution in [2.24, 2.45) is 5.41 Å². The molecule has 3 nitrogen and oxygen atoms in total. The predicted octanol–water partition coefficient (Wildman–Crippen LogP) is 3.40. The maximum Gasteiger partial charge on any atom is 0.243 e. The molecular weight excluding hydrogens is 282 g/mol. The molecule has 0 N–H and O–H groups in total. The van der Waals surface area contributed by atoms with Crippen molar-refractivity contribution in [2.75, 3.05) is 13.6 Å². The number of rotatable bonds is 4. The molecule has 0 amide bonds. The molecule has 5 heteroatoms. The topological polar surface area (TPSA) is 37.4 Å². The van der Waals surface area contributed by atoms with Crippen molar-refractivity contribution in [1.29, 1.82) is 0 Å². The highest BCUT2D eigenvalue weighted by Gasteiger charge is 2.27. The van der Waals surface area contributed by atoms with Gasteiger partial charge in [0.25, 0.3) is 0 Å². The summed E-state index contributed by atoms with van der Waals surface area (Å²) < 4.78 is 26.6. The monoisotopic (exact) mass is 303 g/mol. The van der Waals surface area contributed by atoms with Gasteiger partial charge in [-0.05, 0) is 29.5 Å². The van der Waals surface area contributed by atoms with E-state index in [1.807, 2.05) is 26.8 Å². The van der Waals surface area contributed by atoms with Crippen LogP contribution in [-0.2, 0) is 15.9 Å². The molecule has 1 rings (SSSR count). The zero-order valence-corrected chi connectivity index (χ0v) is 13.8. The molecule has 0 atom stereocenters. The molecule has 0 heterocycles. The highest BCUT2D eigenvalue weighted by atomic mass is 35.5. The van der Waals surface area contributed by atoms with Crippen LogP contribution in [0.1, 0.15) is 31.9 Å². The smallest absolute Gasteiger partial charge is 0.207 e. The van der Waals surface area contributed by atoms with Gasteiger partial charge in [-0.2, -0.15) is 0 Å². The van der Waals surface area contributed by atoms with Gasteiger partial charge in [0.2, 0.25) is 10.0 Å². The van der Waals surface area contributed by atoms with Crippen molar-refractivity contribution in [2.45, 2.75) is 38.5 Å². The van der Waals surface area contributed by atoms with Crippen LogP contribution in [0.15, 0.2) is 23.1 Å². The number of nitrogens with zero attached hydrogens (tertiary/aromatic N) is 1. The molecule has 0 spiro atoms. The highest BCUT2D eigenvalue weighted by molar-refractivity contribution is 7.89. The van der Waals surface area contributed by atoms with Crippen molar-refractivity contribution in [3.05, 3.63) is 29.3 Å². The Morgan fingerprint density at radius 2 is 1.84 bits per heavy atom. The minimum absolute atomic E-state index is 0.0835. The minimum atomic E-state index is -3.46. The molecule has 0 aliphatic rings. The molecule has 1 aromatic carbocycles. The van der Waals surface area contributed by atoms with Gasteiger partial charge in [-0.25, -0.2) is 12.7 Å². The third kappa shape index (κ3) is 3.94. The Bertz CT molecular complexity index is 547. The second kappa shape index (κ2) is 5.81. The Morgan fingerprint density at radius 3 is 2.32 bits per heavy atom. The van der Waals surface area contributed by atoms with Crippen LogP contribution in [0.25, 0.3) is 0 Å². The van der Waals surface area contributed by atoms with E-state index < -0.39 is 10.0 Å². The van der Waals surface area contributed by atoms with E-state index in [9.17, 15) is 8.42 Å². The summed E-state index contributed by atoms with van der Waals surface area (Å²) in [5.41, 5.74) is 1.50. The number of halogens is 1. The third-order valence-corrected chi connectivity index (χ3v) is 5.16. The first-order chi connectivity index (χ1) is 8.59. The molecule has 0 bridgehead atoms. The van der Waals surface area contributed by atoms with Crippen molar-refractivity contribution in [3.63, 3.8) is 0 Å². The van der Waals surface area contributed by atoms with Gasteiger partial charge in [-0.15, -0.1) is 11.6 Å². The fraction of sp³-hybridized carbons (Fsp3) is 0.571. The van der Waals surface area contributed by atoms with Gasteiger partial charge in [0.1, 0.15) is 0 Å². The number of hydrogen-bond donors (Lipinski definition) is 0. The number of hydrogen-bond acceptors (Lipinski definition) is 2. The van der Waals surface area contributed by atoms with Crippen molar-refractivity contribution in [3.8, 4) is 0 Å². The van der Waals surface area contributed by atoms with Crippen LogP contribution in [0, 0.1) is 12.3 Å². The number of alkyl halides is 1. The standard InChI is InChI=1S/C14H22ClNO2S/c1-11-12(9-15)7-6-8-13(11)19(17,18)16(5)10-14(2,3)4/h6-8H,9-10H2,1-5H3. The van der Waals surface area contributed by atoms with E-state index in [4.69, 9.17) is 11.6 Å². The number of benzene rings is 1. The fourth-order valence-corrected chi connectivity index (χ4v) is 3.96. The van der Waals surface area contributed by atoms with Crippen LogP contribution in [0.2, 0.25) is 0 Å². The Kier molecular flexibility index (Phi) is 5.04. The van der Waals surface area contributed by atoms with E-state index in [1.165, 1.54) is 4.31 Å². The SMILES string of the molecule is Cc1c(CCl)cccc1S(=O)(=O)N(C)CC(C)(C)C. The maximum atomic E-state index is 12.6. The van der Waals surface area contributed by atoms with Gasteiger partial charge in [0.15, 0.2) is 0 Å².